The Labute approximate surface area is 90.8 Å². The number of hydrogen-bond acceptors (Lipinski definition) is 3. The zero-order valence-corrected chi connectivity index (χ0v) is 9.15. The first-order valence-corrected chi connectivity index (χ1v) is 6.18. The highest BCUT2D eigenvalue weighted by molar-refractivity contribution is 5.87. The lowest BCUT2D eigenvalue weighted by atomic mass is 9.87. The molecule has 0 amide bonds. The molecule has 0 radical (unpaired) electrons. The summed E-state index contributed by atoms with van der Waals surface area (Å²) in [6, 6.07) is 0. The summed E-state index contributed by atoms with van der Waals surface area (Å²) in [6.45, 7) is 4.72. The molecule has 3 atom stereocenters. The maximum Gasteiger partial charge on any atom is 0.140 e. The van der Waals surface area contributed by atoms with Crippen LogP contribution in [0.4, 0.5) is 0 Å². The van der Waals surface area contributed by atoms with Crippen LogP contribution in [0.1, 0.15) is 19.3 Å². The van der Waals surface area contributed by atoms with Crippen LogP contribution in [0.15, 0.2) is 0 Å². The molecule has 1 heterocycles. The molecule has 1 unspecified atom stereocenters. The van der Waals surface area contributed by atoms with Crippen molar-refractivity contribution in [1.29, 1.82) is 0 Å². The summed E-state index contributed by atoms with van der Waals surface area (Å²) in [5.41, 5.74) is 0. The van der Waals surface area contributed by atoms with E-state index < -0.39 is 0 Å². The third-order valence-electron chi connectivity index (χ3n) is 4.37. The number of Topliss-reactive ketones (excluding diaryl/α,β-unsaturated/α-hetero) is 1. The predicted molar refractivity (Wildman–Crippen MR) is 56.6 cm³/mol. The molecule has 2 bridgehead atoms. The number of nitrogens with zero attached hydrogens (tertiary/aromatic N) is 1. The van der Waals surface area contributed by atoms with Crippen LogP contribution < -0.4 is 0 Å². The predicted octanol–water partition coefficient (Wildman–Crippen LogP) is 0.934. The van der Waals surface area contributed by atoms with E-state index in [1.807, 2.05) is 0 Å². The van der Waals surface area contributed by atoms with Gasteiger partial charge in [-0.05, 0) is 25.2 Å². The molecule has 15 heavy (non-hydrogen) atoms. The van der Waals surface area contributed by atoms with Crippen molar-refractivity contribution in [2.24, 2.45) is 17.8 Å². The van der Waals surface area contributed by atoms with Gasteiger partial charge in [-0.2, -0.15) is 0 Å². The van der Waals surface area contributed by atoms with Gasteiger partial charge in [-0.3, -0.25) is 9.69 Å². The molecule has 84 valence electrons. The molecule has 1 aliphatic heterocycles. The Morgan fingerprint density at radius 1 is 1.27 bits per heavy atom. The van der Waals surface area contributed by atoms with E-state index in [-0.39, 0.29) is 0 Å². The maximum absolute atomic E-state index is 12.0. The van der Waals surface area contributed by atoms with E-state index >= 15 is 0 Å². The van der Waals surface area contributed by atoms with Crippen molar-refractivity contribution in [3.63, 3.8) is 0 Å². The first-order valence-electron chi connectivity index (χ1n) is 6.18. The third kappa shape index (κ3) is 1.72. The van der Waals surface area contributed by atoms with Crippen LogP contribution >= 0.6 is 0 Å². The average Bonchev–Trinajstić information content (AvgIpc) is 2.84. The van der Waals surface area contributed by atoms with E-state index in [0.29, 0.717) is 23.5 Å². The molecular formula is C12H19NO2. The Morgan fingerprint density at radius 3 is 2.73 bits per heavy atom. The fraction of sp³-hybridized carbons (Fsp3) is 0.917. The van der Waals surface area contributed by atoms with E-state index in [1.54, 1.807) is 0 Å². The molecule has 0 spiro atoms. The smallest absolute Gasteiger partial charge is 0.140 e. The van der Waals surface area contributed by atoms with Crippen LogP contribution in [-0.2, 0) is 9.53 Å². The van der Waals surface area contributed by atoms with Crippen LogP contribution in [0.5, 0.6) is 0 Å². The highest BCUT2D eigenvalue weighted by Gasteiger charge is 2.46. The highest BCUT2D eigenvalue weighted by atomic mass is 16.5. The number of rotatable bonds is 2. The van der Waals surface area contributed by atoms with Crippen LogP contribution in [-0.4, -0.2) is 43.5 Å². The first kappa shape index (κ1) is 9.79. The monoisotopic (exact) mass is 209 g/mol. The van der Waals surface area contributed by atoms with E-state index in [9.17, 15) is 4.79 Å². The SMILES string of the molecule is O=C1C(CN2CCOCC2)[C@@H]2CC[C@H]1C2. The van der Waals surface area contributed by atoms with Crippen molar-refractivity contribution in [2.45, 2.75) is 19.3 Å². The van der Waals surface area contributed by atoms with Gasteiger partial charge in [-0.1, -0.05) is 0 Å². The van der Waals surface area contributed by atoms with Crippen LogP contribution in [0, 0.1) is 17.8 Å². The number of fused-ring (bicyclic) bond motifs is 2. The van der Waals surface area contributed by atoms with E-state index in [0.717, 1.165) is 32.8 Å². The summed E-state index contributed by atoms with van der Waals surface area (Å²) in [7, 11) is 0. The summed E-state index contributed by atoms with van der Waals surface area (Å²) < 4.78 is 5.33. The first-order chi connectivity index (χ1) is 7.34. The Kier molecular flexibility index (Phi) is 2.53. The van der Waals surface area contributed by atoms with Gasteiger partial charge in [-0.15, -0.1) is 0 Å². The van der Waals surface area contributed by atoms with Gasteiger partial charge < -0.3 is 4.74 Å². The lowest BCUT2D eigenvalue weighted by molar-refractivity contribution is -0.126. The fourth-order valence-corrected chi connectivity index (χ4v) is 3.48. The summed E-state index contributed by atoms with van der Waals surface area (Å²) >= 11 is 0. The van der Waals surface area contributed by atoms with Crippen molar-refractivity contribution in [3.05, 3.63) is 0 Å². The largest absolute Gasteiger partial charge is 0.379 e. The molecule has 3 nitrogen and oxygen atoms in total. The van der Waals surface area contributed by atoms with E-state index in [2.05, 4.69) is 4.90 Å². The molecule has 3 fully saturated rings. The number of carbonyl (C=O) groups excluding carboxylic acids is 1. The number of morpholine rings is 1. The molecule has 0 N–H and O–H groups in total. The summed E-state index contributed by atoms with van der Waals surface area (Å²) in [5, 5.41) is 0. The molecule has 1 saturated heterocycles. The maximum atomic E-state index is 12.0. The van der Waals surface area contributed by atoms with Gasteiger partial charge in [-0.25, -0.2) is 0 Å². The van der Waals surface area contributed by atoms with Crippen molar-refractivity contribution in [1.82, 2.24) is 4.90 Å². The van der Waals surface area contributed by atoms with Gasteiger partial charge in [0, 0.05) is 31.5 Å². The lowest BCUT2D eigenvalue weighted by Gasteiger charge is -2.31. The average molecular weight is 209 g/mol. The van der Waals surface area contributed by atoms with Gasteiger partial charge in [0.05, 0.1) is 13.2 Å². The van der Waals surface area contributed by atoms with Crippen molar-refractivity contribution in [3.8, 4) is 0 Å². The van der Waals surface area contributed by atoms with Crippen LogP contribution in [0.3, 0.4) is 0 Å². The van der Waals surface area contributed by atoms with E-state index in [4.69, 9.17) is 4.74 Å². The van der Waals surface area contributed by atoms with E-state index in [1.165, 1.54) is 19.3 Å². The zero-order valence-electron chi connectivity index (χ0n) is 9.15. The molecule has 3 rings (SSSR count). The Balaban J connectivity index is 1.60. The molecule has 2 saturated carbocycles. The fourth-order valence-electron chi connectivity index (χ4n) is 3.48. The number of ether oxygens (including phenoxy) is 1. The topological polar surface area (TPSA) is 29.5 Å². The second kappa shape index (κ2) is 3.87. The summed E-state index contributed by atoms with van der Waals surface area (Å²) in [4.78, 5) is 14.4. The van der Waals surface area contributed by atoms with Gasteiger partial charge in [0.15, 0.2) is 0 Å². The minimum absolute atomic E-state index is 0.363. The number of ketones is 1. The normalized spacial score (nSPS) is 41.3. The Bertz CT molecular complexity index is 260. The highest BCUT2D eigenvalue weighted by Crippen LogP contribution is 2.46. The third-order valence-corrected chi connectivity index (χ3v) is 4.37. The lowest BCUT2D eigenvalue weighted by Crippen LogP contribution is -2.42. The summed E-state index contributed by atoms with van der Waals surface area (Å²) in [6.07, 6.45) is 3.66. The standard InChI is InChI=1S/C12H19NO2/c14-12-10-2-1-9(7-10)11(12)8-13-3-5-15-6-4-13/h9-11H,1-8H2/t9-,10+,11?/m1/s1. The molecular weight excluding hydrogens is 190 g/mol. The number of hydrogen-bond donors (Lipinski definition) is 0. The second-order valence-electron chi connectivity index (χ2n) is 5.19. The molecule has 0 aromatic heterocycles. The van der Waals surface area contributed by atoms with Crippen LogP contribution in [0.25, 0.3) is 0 Å². The van der Waals surface area contributed by atoms with Gasteiger partial charge in [0.25, 0.3) is 0 Å². The molecule has 2 aliphatic carbocycles. The van der Waals surface area contributed by atoms with Crippen molar-refractivity contribution in [2.75, 3.05) is 32.8 Å². The quantitative estimate of drug-likeness (QED) is 0.677. The van der Waals surface area contributed by atoms with Crippen molar-refractivity contribution >= 4 is 5.78 Å². The molecule has 0 aromatic rings. The van der Waals surface area contributed by atoms with Crippen LogP contribution in [0.2, 0.25) is 0 Å². The second-order valence-corrected chi connectivity index (χ2v) is 5.19. The minimum Gasteiger partial charge on any atom is -0.379 e. The zero-order chi connectivity index (χ0) is 10.3. The molecule has 3 aliphatic rings. The van der Waals surface area contributed by atoms with Gasteiger partial charge in [0.2, 0.25) is 0 Å². The number of carbonyl (C=O) groups is 1. The Hall–Kier alpha value is -0.410. The Morgan fingerprint density at radius 2 is 2.07 bits per heavy atom. The summed E-state index contributed by atoms with van der Waals surface area (Å²) in [5.74, 6) is 2.07. The molecule has 3 heteroatoms. The minimum atomic E-state index is 0.363. The van der Waals surface area contributed by atoms with Crippen molar-refractivity contribution < 1.29 is 9.53 Å². The van der Waals surface area contributed by atoms with Gasteiger partial charge >= 0.3 is 0 Å². The molecule has 0 aromatic carbocycles. The van der Waals surface area contributed by atoms with Gasteiger partial charge in [0.1, 0.15) is 5.78 Å².